The van der Waals surface area contributed by atoms with Crippen molar-refractivity contribution in [3.8, 4) is 0 Å². The molecule has 0 bridgehead atoms. The highest BCUT2D eigenvalue weighted by Gasteiger charge is 2.69. The molecule has 1 heterocycles. The van der Waals surface area contributed by atoms with E-state index in [1.54, 1.807) is 0 Å². The summed E-state index contributed by atoms with van der Waals surface area (Å²) in [6.45, 7) is -3.82. The number of rotatable bonds is 5. The minimum atomic E-state index is -7.21. The molecule has 1 rings (SSSR count). The van der Waals surface area contributed by atoms with Crippen molar-refractivity contribution in [3.05, 3.63) is 18.7 Å². The summed E-state index contributed by atoms with van der Waals surface area (Å²) in [5.74, 6) is -6.56. The van der Waals surface area contributed by atoms with Gasteiger partial charge in [-0.1, -0.05) is 13.3 Å². The third-order valence-corrected chi connectivity index (χ3v) is 2.63. The summed E-state index contributed by atoms with van der Waals surface area (Å²) in [6.07, 6.45) is 3.70. The van der Waals surface area contributed by atoms with Crippen LogP contribution in [-0.4, -0.2) is 23.5 Å². The Balaban J connectivity index is 0.000000401. The highest BCUT2D eigenvalue weighted by Crippen LogP contribution is 2.43. The lowest BCUT2D eigenvalue weighted by Crippen LogP contribution is -2.53. The average molecular weight is 340 g/mol. The molecule has 0 N–H and O–H groups in total. The Kier molecular flexibility index (Phi) is 7.36. The summed E-state index contributed by atoms with van der Waals surface area (Å²) in [7, 11) is 2.05. The number of nitrogens with zero attached hydrogens (tertiary/aromatic N) is 2. The van der Waals surface area contributed by atoms with E-state index in [2.05, 4.69) is 41.8 Å². The number of aryl methyl sites for hydroxylation is 2. The minimum Gasteiger partial charge on any atom is -0.445 e. The molecule has 0 amide bonds. The zero-order chi connectivity index (χ0) is 17.6. The predicted molar refractivity (Wildman–Crippen MR) is 65.2 cm³/mol. The van der Waals surface area contributed by atoms with Gasteiger partial charge in [0.05, 0.1) is 13.6 Å². The molecular weight excluding hydrogens is 323 g/mol. The van der Waals surface area contributed by atoms with Crippen molar-refractivity contribution >= 4 is 6.98 Å². The van der Waals surface area contributed by atoms with E-state index in [4.69, 9.17) is 0 Å². The average Bonchev–Trinajstić information content (AvgIpc) is 2.73. The fraction of sp³-hybridized carbons (Fsp3) is 0.727. The van der Waals surface area contributed by atoms with Gasteiger partial charge in [0.15, 0.2) is 0 Å². The van der Waals surface area contributed by atoms with E-state index in [1.807, 2.05) is 0 Å². The third kappa shape index (κ3) is 6.23. The second-order valence-corrected chi connectivity index (χ2v) is 4.72. The van der Waals surface area contributed by atoms with E-state index < -0.39 is 19.0 Å². The van der Waals surface area contributed by atoms with Crippen LogP contribution in [0.4, 0.5) is 34.9 Å². The van der Waals surface area contributed by atoms with Gasteiger partial charge in [0.2, 0.25) is 6.33 Å². The van der Waals surface area contributed by atoms with Gasteiger partial charge in [0.1, 0.15) is 12.4 Å². The molecule has 22 heavy (non-hydrogen) atoms. The lowest BCUT2D eigenvalue weighted by Gasteiger charge is -2.28. The highest BCUT2D eigenvalue weighted by atomic mass is 19.4. The maximum Gasteiger partial charge on any atom is 0.558 e. The van der Waals surface area contributed by atoms with Gasteiger partial charge in [-0.15, -0.1) is 0 Å². The first-order chi connectivity index (χ1) is 9.83. The number of imidazole rings is 1. The van der Waals surface area contributed by atoms with Gasteiger partial charge in [-0.25, -0.2) is 17.9 Å². The first kappa shape index (κ1) is 20.7. The summed E-state index contributed by atoms with van der Waals surface area (Å²) < 4.78 is 92.1. The van der Waals surface area contributed by atoms with Crippen LogP contribution in [0.2, 0.25) is 0 Å². The Labute approximate surface area is 122 Å². The van der Waals surface area contributed by atoms with Crippen molar-refractivity contribution in [2.75, 3.05) is 0 Å². The lowest BCUT2D eigenvalue weighted by molar-refractivity contribution is -0.671. The maximum atomic E-state index is 11.2. The number of aromatic nitrogens is 2. The summed E-state index contributed by atoms with van der Waals surface area (Å²) in [4.78, 5) is 0. The molecule has 0 radical (unpaired) electrons. The molecule has 130 valence electrons. The van der Waals surface area contributed by atoms with Gasteiger partial charge in [-0.3, -0.25) is 0 Å². The van der Waals surface area contributed by atoms with Crippen LogP contribution in [0, 0.1) is 0 Å². The third-order valence-electron chi connectivity index (χ3n) is 2.63. The molecule has 0 aliphatic rings. The molecule has 2 nitrogen and oxygen atoms in total. The summed E-state index contributed by atoms with van der Waals surface area (Å²) in [5.41, 5.74) is 0. The number of unbranched alkanes of at least 4 members (excludes halogenated alkanes) is 2. The second kappa shape index (κ2) is 7.82. The summed E-state index contributed by atoms with van der Waals surface area (Å²) in [6, 6.07) is 0. The van der Waals surface area contributed by atoms with Gasteiger partial charge in [-0.2, -0.15) is 13.2 Å². The van der Waals surface area contributed by atoms with Gasteiger partial charge < -0.3 is 12.9 Å². The molecule has 0 spiro atoms. The van der Waals surface area contributed by atoms with Gasteiger partial charge in [-0.05, 0) is 12.8 Å². The zero-order valence-corrected chi connectivity index (χ0v) is 12.1. The summed E-state index contributed by atoms with van der Waals surface area (Å²) in [5, 5.41) is 0. The van der Waals surface area contributed by atoms with Crippen LogP contribution < -0.4 is 4.57 Å². The Morgan fingerprint density at radius 1 is 1.05 bits per heavy atom. The normalized spacial score (nSPS) is 12.8. The van der Waals surface area contributed by atoms with Crippen LogP contribution in [0.3, 0.4) is 0 Å². The Bertz CT molecular complexity index is 422. The number of hydrogen-bond acceptors (Lipinski definition) is 0. The van der Waals surface area contributed by atoms with Crippen molar-refractivity contribution in [1.29, 1.82) is 0 Å². The number of alkyl halides is 5. The molecule has 0 saturated heterocycles. The highest BCUT2D eigenvalue weighted by molar-refractivity contribution is 6.61. The SMILES string of the molecule is CCCCCn1cc[n+](C)c1.F[B-](F)(F)C(F)(F)C(F)(F)F. The molecule has 0 aliphatic heterocycles. The van der Waals surface area contributed by atoms with E-state index in [-0.39, 0.29) is 0 Å². The zero-order valence-electron chi connectivity index (χ0n) is 12.1. The number of halogens is 8. The monoisotopic (exact) mass is 340 g/mol. The van der Waals surface area contributed by atoms with E-state index >= 15 is 0 Å². The molecule has 0 atom stereocenters. The Morgan fingerprint density at radius 3 is 1.86 bits per heavy atom. The largest absolute Gasteiger partial charge is 0.558 e. The van der Waals surface area contributed by atoms with Crippen LogP contribution in [-0.2, 0) is 13.6 Å². The molecule has 1 aromatic rings. The smallest absolute Gasteiger partial charge is 0.445 e. The molecule has 0 saturated carbocycles. The van der Waals surface area contributed by atoms with E-state index in [9.17, 15) is 34.9 Å². The number of hydrogen-bond donors (Lipinski definition) is 0. The lowest BCUT2D eigenvalue weighted by atomic mass is 9.80. The Hall–Kier alpha value is -1.29. The molecule has 0 unspecified atom stereocenters. The first-order valence-electron chi connectivity index (χ1n) is 6.47. The van der Waals surface area contributed by atoms with Crippen LogP contribution in [0.1, 0.15) is 26.2 Å². The molecule has 0 fully saturated rings. The van der Waals surface area contributed by atoms with Crippen LogP contribution >= 0.6 is 0 Å². The van der Waals surface area contributed by atoms with E-state index in [0.29, 0.717) is 0 Å². The van der Waals surface area contributed by atoms with Crippen LogP contribution in [0.25, 0.3) is 0 Å². The molecule has 0 aromatic carbocycles. The predicted octanol–water partition coefficient (Wildman–Crippen LogP) is 4.07. The van der Waals surface area contributed by atoms with Crippen LogP contribution in [0.15, 0.2) is 18.7 Å². The molecule has 0 aliphatic carbocycles. The molecular formula is C11H17BF8N2. The van der Waals surface area contributed by atoms with Crippen molar-refractivity contribution in [2.45, 2.75) is 44.7 Å². The standard InChI is InChI=1S/C9H17N2.C2BF8/c1-3-4-5-6-11-8-7-10(2)9-11;4-1(5,2(6,7)8)3(9,10)11/h7-9H,3-6H2,1-2H3;/q+1;-1. The van der Waals surface area contributed by atoms with Gasteiger partial charge >= 0.3 is 19.0 Å². The van der Waals surface area contributed by atoms with Crippen molar-refractivity contribution in [2.24, 2.45) is 7.05 Å². The first-order valence-corrected chi connectivity index (χ1v) is 6.47. The minimum absolute atomic E-state index is 1.16. The quantitative estimate of drug-likeness (QED) is 0.331. The topological polar surface area (TPSA) is 8.81 Å². The maximum absolute atomic E-state index is 11.2. The van der Waals surface area contributed by atoms with Gasteiger partial charge in [0, 0.05) is 0 Å². The van der Waals surface area contributed by atoms with Crippen molar-refractivity contribution in [3.63, 3.8) is 0 Å². The fourth-order valence-electron chi connectivity index (χ4n) is 1.36. The van der Waals surface area contributed by atoms with E-state index in [1.165, 1.54) is 19.3 Å². The molecule has 11 heteroatoms. The van der Waals surface area contributed by atoms with Gasteiger partial charge in [0.25, 0.3) is 0 Å². The van der Waals surface area contributed by atoms with Crippen molar-refractivity contribution < 1.29 is 39.5 Å². The fourth-order valence-corrected chi connectivity index (χ4v) is 1.36. The van der Waals surface area contributed by atoms with E-state index in [0.717, 1.165) is 6.54 Å². The summed E-state index contributed by atoms with van der Waals surface area (Å²) >= 11 is 0. The second-order valence-electron chi connectivity index (χ2n) is 4.72. The van der Waals surface area contributed by atoms with Crippen LogP contribution in [0.5, 0.6) is 0 Å². The Morgan fingerprint density at radius 2 is 1.59 bits per heavy atom. The molecule has 1 aromatic heterocycles. The van der Waals surface area contributed by atoms with Crippen molar-refractivity contribution in [1.82, 2.24) is 4.57 Å².